The van der Waals surface area contributed by atoms with Crippen molar-refractivity contribution in [3.05, 3.63) is 35.8 Å². The normalized spacial score (nSPS) is 13.1. The first kappa shape index (κ1) is 13.1. The molecule has 0 saturated carbocycles. The molecule has 0 spiro atoms. The monoisotopic (exact) mass is 247 g/mol. The van der Waals surface area contributed by atoms with Crippen molar-refractivity contribution >= 4 is 5.65 Å². The van der Waals surface area contributed by atoms with E-state index in [9.17, 15) is 5.11 Å². The van der Waals surface area contributed by atoms with E-state index in [1.54, 1.807) is 0 Å². The van der Waals surface area contributed by atoms with Gasteiger partial charge in [-0.2, -0.15) is 0 Å². The third-order valence-corrected chi connectivity index (χ3v) is 3.25. The molecule has 0 aliphatic heterocycles. The average Bonchev–Trinajstić information content (AvgIpc) is 2.70. The number of hydrogen-bond acceptors (Lipinski definition) is 3. The number of hydrogen-bond donors (Lipinski definition) is 2. The summed E-state index contributed by atoms with van der Waals surface area (Å²) in [5.41, 5.74) is 3.24. The Morgan fingerprint density at radius 2 is 2.28 bits per heavy atom. The van der Waals surface area contributed by atoms with Crippen LogP contribution in [0.4, 0.5) is 0 Å². The summed E-state index contributed by atoms with van der Waals surface area (Å²) in [6.45, 7) is 5.64. The van der Waals surface area contributed by atoms with Crippen molar-refractivity contribution in [2.45, 2.75) is 39.3 Å². The van der Waals surface area contributed by atoms with Gasteiger partial charge in [-0.15, -0.1) is 0 Å². The second-order valence-corrected chi connectivity index (χ2v) is 4.60. The van der Waals surface area contributed by atoms with E-state index in [4.69, 9.17) is 0 Å². The molecule has 0 saturated heterocycles. The predicted molar refractivity (Wildman–Crippen MR) is 72.6 cm³/mol. The summed E-state index contributed by atoms with van der Waals surface area (Å²) in [5.74, 6) is 0. The number of nitrogens with one attached hydrogen (secondary N) is 1. The van der Waals surface area contributed by atoms with Gasteiger partial charge in [0.1, 0.15) is 5.65 Å². The lowest BCUT2D eigenvalue weighted by molar-refractivity contribution is 0.159. The predicted octanol–water partition coefficient (Wildman–Crippen LogP) is 1.89. The topological polar surface area (TPSA) is 49.6 Å². The molecule has 2 N–H and O–H groups in total. The summed E-state index contributed by atoms with van der Waals surface area (Å²) < 4.78 is 2.11. The lowest BCUT2D eigenvalue weighted by Crippen LogP contribution is -2.20. The second-order valence-electron chi connectivity index (χ2n) is 4.60. The third kappa shape index (κ3) is 2.89. The highest BCUT2D eigenvalue weighted by Gasteiger charge is 2.07. The molecule has 0 aromatic carbocycles. The van der Waals surface area contributed by atoms with Crippen molar-refractivity contribution in [3.63, 3.8) is 0 Å². The van der Waals surface area contributed by atoms with E-state index in [-0.39, 0.29) is 6.10 Å². The van der Waals surface area contributed by atoms with Crippen LogP contribution in [0.25, 0.3) is 5.65 Å². The minimum Gasteiger partial charge on any atom is -0.393 e. The van der Waals surface area contributed by atoms with E-state index in [1.165, 1.54) is 5.69 Å². The number of aromatic nitrogens is 2. The summed E-state index contributed by atoms with van der Waals surface area (Å²) in [5, 5.41) is 12.8. The first-order valence-corrected chi connectivity index (χ1v) is 6.53. The fraction of sp³-hybridized carbons (Fsp3) is 0.500. The van der Waals surface area contributed by atoms with Gasteiger partial charge < -0.3 is 14.8 Å². The molecule has 1 unspecified atom stereocenters. The van der Waals surface area contributed by atoms with E-state index in [1.807, 2.05) is 38.2 Å². The molecule has 0 radical (unpaired) electrons. The number of aliphatic hydroxyl groups excluding tert-OH is 1. The minimum absolute atomic E-state index is 0.194. The van der Waals surface area contributed by atoms with Gasteiger partial charge in [-0.05, 0) is 38.4 Å². The number of imidazole rings is 1. The van der Waals surface area contributed by atoms with Gasteiger partial charge in [0.05, 0.1) is 17.5 Å². The molecule has 4 heteroatoms. The van der Waals surface area contributed by atoms with Crippen molar-refractivity contribution in [2.24, 2.45) is 0 Å². The van der Waals surface area contributed by atoms with Crippen LogP contribution < -0.4 is 5.32 Å². The van der Waals surface area contributed by atoms with Crippen LogP contribution in [0.15, 0.2) is 24.4 Å². The standard InChI is InChI=1S/C14H21N3O/c1-3-12(18)7-8-15-10-13-11(2)16-14-6-4-5-9-17(13)14/h4-6,9,12,15,18H,3,7-8,10H2,1-2H3. The molecular formula is C14H21N3O. The molecule has 0 bridgehead atoms. The molecule has 0 amide bonds. The van der Waals surface area contributed by atoms with Crippen LogP contribution in [0.2, 0.25) is 0 Å². The van der Waals surface area contributed by atoms with E-state index in [2.05, 4.69) is 14.7 Å². The number of aryl methyl sites for hydroxylation is 1. The maximum Gasteiger partial charge on any atom is 0.137 e. The van der Waals surface area contributed by atoms with E-state index in [0.717, 1.165) is 37.3 Å². The molecule has 0 aliphatic rings. The summed E-state index contributed by atoms with van der Waals surface area (Å²) in [6, 6.07) is 6.02. The van der Waals surface area contributed by atoms with Gasteiger partial charge in [0.15, 0.2) is 0 Å². The summed E-state index contributed by atoms with van der Waals surface area (Å²) in [4.78, 5) is 4.52. The Morgan fingerprint density at radius 1 is 1.44 bits per heavy atom. The molecule has 2 heterocycles. The Kier molecular flexibility index (Phi) is 4.33. The fourth-order valence-corrected chi connectivity index (χ4v) is 2.06. The van der Waals surface area contributed by atoms with Crippen molar-refractivity contribution < 1.29 is 5.11 Å². The second kappa shape index (κ2) is 5.98. The smallest absolute Gasteiger partial charge is 0.137 e. The zero-order chi connectivity index (χ0) is 13.0. The van der Waals surface area contributed by atoms with E-state index in [0.29, 0.717) is 0 Å². The van der Waals surface area contributed by atoms with Gasteiger partial charge in [0, 0.05) is 12.7 Å². The average molecular weight is 247 g/mol. The highest BCUT2D eigenvalue weighted by Crippen LogP contribution is 2.11. The van der Waals surface area contributed by atoms with Gasteiger partial charge in [0.25, 0.3) is 0 Å². The number of fused-ring (bicyclic) bond motifs is 1. The van der Waals surface area contributed by atoms with Crippen LogP contribution in [-0.4, -0.2) is 27.1 Å². The Bertz CT molecular complexity index is 507. The van der Waals surface area contributed by atoms with Crippen LogP contribution in [-0.2, 0) is 6.54 Å². The SMILES string of the molecule is CCC(O)CCNCc1c(C)nc2ccccn12. The maximum absolute atomic E-state index is 9.48. The molecule has 4 nitrogen and oxygen atoms in total. The Hall–Kier alpha value is -1.39. The molecule has 0 fully saturated rings. The largest absolute Gasteiger partial charge is 0.393 e. The van der Waals surface area contributed by atoms with Crippen molar-refractivity contribution in [2.75, 3.05) is 6.54 Å². The highest BCUT2D eigenvalue weighted by molar-refractivity contribution is 5.42. The number of nitrogens with zero attached hydrogens (tertiary/aromatic N) is 2. The molecule has 2 rings (SSSR count). The summed E-state index contributed by atoms with van der Waals surface area (Å²) in [7, 11) is 0. The van der Waals surface area contributed by atoms with Gasteiger partial charge in [-0.1, -0.05) is 13.0 Å². The maximum atomic E-state index is 9.48. The fourth-order valence-electron chi connectivity index (χ4n) is 2.06. The molecule has 98 valence electrons. The van der Waals surface area contributed by atoms with Crippen molar-refractivity contribution in [1.82, 2.24) is 14.7 Å². The van der Waals surface area contributed by atoms with Crippen molar-refractivity contribution in [1.29, 1.82) is 0 Å². The van der Waals surface area contributed by atoms with Gasteiger partial charge in [-0.25, -0.2) is 4.98 Å². The van der Waals surface area contributed by atoms with Crippen LogP contribution in [0.1, 0.15) is 31.2 Å². The van der Waals surface area contributed by atoms with Crippen molar-refractivity contribution in [3.8, 4) is 0 Å². The van der Waals surface area contributed by atoms with Gasteiger partial charge in [0.2, 0.25) is 0 Å². The highest BCUT2D eigenvalue weighted by atomic mass is 16.3. The Balaban J connectivity index is 1.97. The summed E-state index contributed by atoms with van der Waals surface area (Å²) >= 11 is 0. The minimum atomic E-state index is -0.194. The molecule has 0 aliphatic carbocycles. The number of pyridine rings is 1. The first-order chi connectivity index (χ1) is 8.72. The number of aliphatic hydroxyl groups is 1. The first-order valence-electron chi connectivity index (χ1n) is 6.53. The third-order valence-electron chi connectivity index (χ3n) is 3.25. The molecular weight excluding hydrogens is 226 g/mol. The van der Waals surface area contributed by atoms with E-state index >= 15 is 0 Å². The van der Waals surface area contributed by atoms with Gasteiger partial charge >= 0.3 is 0 Å². The zero-order valence-corrected chi connectivity index (χ0v) is 11.1. The Morgan fingerprint density at radius 3 is 3.06 bits per heavy atom. The van der Waals surface area contributed by atoms with Crippen LogP contribution >= 0.6 is 0 Å². The molecule has 2 aromatic rings. The van der Waals surface area contributed by atoms with Crippen LogP contribution in [0.3, 0.4) is 0 Å². The molecule has 1 atom stereocenters. The zero-order valence-electron chi connectivity index (χ0n) is 11.1. The lowest BCUT2D eigenvalue weighted by atomic mass is 10.2. The lowest BCUT2D eigenvalue weighted by Gasteiger charge is -2.09. The summed E-state index contributed by atoms with van der Waals surface area (Å²) in [6.07, 6.45) is 3.45. The quantitative estimate of drug-likeness (QED) is 0.766. The Labute approximate surface area is 108 Å². The van der Waals surface area contributed by atoms with Crippen LogP contribution in [0, 0.1) is 6.92 Å². The van der Waals surface area contributed by atoms with Crippen LogP contribution in [0.5, 0.6) is 0 Å². The van der Waals surface area contributed by atoms with E-state index < -0.39 is 0 Å². The van der Waals surface area contributed by atoms with Gasteiger partial charge in [-0.3, -0.25) is 0 Å². The number of rotatable bonds is 6. The molecule has 18 heavy (non-hydrogen) atoms. The molecule has 2 aromatic heterocycles.